The van der Waals surface area contributed by atoms with Crippen LogP contribution in [0, 0.1) is 5.92 Å². The summed E-state index contributed by atoms with van der Waals surface area (Å²) < 4.78 is 22.6. The largest absolute Gasteiger partial charge is 0.347 e. The molecule has 3 heterocycles. The molecule has 3 rings (SSSR count). The van der Waals surface area contributed by atoms with Crippen LogP contribution in [-0.2, 0) is 27.6 Å². The summed E-state index contributed by atoms with van der Waals surface area (Å²) in [5, 5.41) is 1.22. The van der Waals surface area contributed by atoms with E-state index in [-0.39, 0.29) is 24.0 Å². The Morgan fingerprint density at radius 1 is 1.53 bits per heavy atom. The molecule has 7 heteroatoms. The summed E-state index contributed by atoms with van der Waals surface area (Å²) in [5.41, 5.74) is 2.00. The third kappa shape index (κ3) is 2.56. The smallest absolute Gasteiger partial charge is 0.223 e. The van der Waals surface area contributed by atoms with E-state index < -0.39 is 9.84 Å². The van der Waals surface area contributed by atoms with Gasteiger partial charge in [-0.2, -0.15) is 0 Å². The van der Waals surface area contributed by atoms with Gasteiger partial charge in [-0.25, -0.2) is 13.4 Å². The second-order valence-corrected chi connectivity index (χ2v) is 6.95. The summed E-state index contributed by atoms with van der Waals surface area (Å²) in [7, 11) is -3.08. The number of hydrogen-bond acceptors (Lipinski definition) is 4. The van der Waals surface area contributed by atoms with Gasteiger partial charge >= 0.3 is 0 Å². The number of amides is 1. The molecule has 19 heavy (non-hydrogen) atoms. The number of hydrogen-bond donors (Lipinski definition) is 1. The van der Waals surface area contributed by atoms with E-state index in [1.165, 1.54) is 5.41 Å². The van der Waals surface area contributed by atoms with Gasteiger partial charge in [0, 0.05) is 30.7 Å². The van der Waals surface area contributed by atoms with E-state index in [1.54, 1.807) is 17.3 Å². The van der Waals surface area contributed by atoms with E-state index in [9.17, 15) is 13.2 Å². The molecule has 0 saturated carbocycles. The number of H-pyrrole nitrogens is 1. The standard InChI is InChI=1S/C12H15N3O3S/c16-12(5-9-2-4-19(17,18)7-9)15-3-1-10-11(6-15)14-8-13-10/h2,4,8-9H,1,3,5-7H2,(H,13,14). The lowest BCUT2D eigenvalue weighted by Gasteiger charge is -2.27. The van der Waals surface area contributed by atoms with E-state index in [1.807, 2.05) is 0 Å². The van der Waals surface area contributed by atoms with Crippen LogP contribution in [0.3, 0.4) is 0 Å². The molecule has 0 aromatic carbocycles. The number of sulfone groups is 1. The van der Waals surface area contributed by atoms with E-state index in [2.05, 4.69) is 9.97 Å². The highest BCUT2D eigenvalue weighted by Gasteiger charge is 2.28. The quantitative estimate of drug-likeness (QED) is 0.842. The lowest BCUT2D eigenvalue weighted by Crippen LogP contribution is -2.37. The van der Waals surface area contributed by atoms with E-state index in [0.717, 1.165) is 17.8 Å². The number of allylic oxidation sites excluding steroid dienone is 1. The Bertz CT molecular complexity index is 632. The highest BCUT2D eigenvalue weighted by Crippen LogP contribution is 2.21. The van der Waals surface area contributed by atoms with Gasteiger partial charge in [-0.05, 0) is 0 Å². The van der Waals surface area contributed by atoms with E-state index in [4.69, 9.17) is 0 Å². The average Bonchev–Trinajstić information content (AvgIpc) is 2.94. The Morgan fingerprint density at radius 2 is 2.37 bits per heavy atom. The number of fused-ring (bicyclic) bond motifs is 1. The molecule has 0 radical (unpaired) electrons. The van der Waals surface area contributed by atoms with Crippen molar-refractivity contribution < 1.29 is 13.2 Å². The number of imidazole rings is 1. The molecule has 0 bridgehead atoms. The minimum atomic E-state index is -3.08. The number of carbonyl (C=O) groups is 1. The number of aromatic amines is 1. The zero-order chi connectivity index (χ0) is 13.5. The van der Waals surface area contributed by atoms with Gasteiger partial charge < -0.3 is 9.88 Å². The average molecular weight is 281 g/mol. The zero-order valence-electron chi connectivity index (χ0n) is 10.4. The SMILES string of the molecule is O=C(CC1C=CS(=O)(=O)C1)N1CCc2nc[nH]c2C1. The summed E-state index contributed by atoms with van der Waals surface area (Å²) in [6.07, 6.45) is 4.28. The Hall–Kier alpha value is -1.63. The fraction of sp³-hybridized carbons (Fsp3) is 0.500. The fourth-order valence-electron chi connectivity index (χ4n) is 2.55. The first-order chi connectivity index (χ1) is 9.03. The number of nitrogens with zero attached hydrogens (tertiary/aromatic N) is 2. The second kappa shape index (κ2) is 4.48. The summed E-state index contributed by atoms with van der Waals surface area (Å²) in [5.74, 6) is -0.116. The molecule has 6 nitrogen and oxygen atoms in total. The number of carbonyl (C=O) groups excluding carboxylic acids is 1. The maximum atomic E-state index is 12.2. The first-order valence-electron chi connectivity index (χ1n) is 6.23. The van der Waals surface area contributed by atoms with Crippen molar-refractivity contribution in [2.75, 3.05) is 12.3 Å². The molecule has 1 amide bonds. The summed E-state index contributed by atoms with van der Waals surface area (Å²) >= 11 is 0. The minimum Gasteiger partial charge on any atom is -0.347 e. The topological polar surface area (TPSA) is 83.1 Å². The highest BCUT2D eigenvalue weighted by molar-refractivity contribution is 7.94. The predicted molar refractivity (Wildman–Crippen MR) is 68.7 cm³/mol. The monoisotopic (exact) mass is 281 g/mol. The van der Waals surface area contributed by atoms with Gasteiger partial charge in [-0.3, -0.25) is 4.79 Å². The Labute approximate surface area is 111 Å². The summed E-state index contributed by atoms with van der Waals surface area (Å²) in [6.45, 7) is 1.19. The van der Waals surface area contributed by atoms with Gasteiger partial charge in [0.15, 0.2) is 9.84 Å². The van der Waals surface area contributed by atoms with Crippen LogP contribution in [0.25, 0.3) is 0 Å². The van der Waals surface area contributed by atoms with Crippen LogP contribution in [0.1, 0.15) is 17.8 Å². The first-order valence-corrected chi connectivity index (χ1v) is 7.95. The van der Waals surface area contributed by atoms with Gasteiger partial charge in [-0.15, -0.1) is 0 Å². The van der Waals surface area contributed by atoms with Crippen LogP contribution >= 0.6 is 0 Å². The molecular weight excluding hydrogens is 266 g/mol. The molecule has 0 aliphatic carbocycles. The van der Waals surface area contributed by atoms with Crippen LogP contribution in [-0.4, -0.2) is 41.5 Å². The lowest BCUT2D eigenvalue weighted by molar-refractivity contribution is -0.132. The number of rotatable bonds is 2. The van der Waals surface area contributed by atoms with Gasteiger partial charge in [0.2, 0.25) is 5.91 Å². The molecule has 102 valence electrons. The summed E-state index contributed by atoms with van der Waals surface area (Å²) in [6, 6.07) is 0. The summed E-state index contributed by atoms with van der Waals surface area (Å²) in [4.78, 5) is 21.1. The van der Waals surface area contributed by atoms with Crippen LogP contribution in [0.2, 0.25) is 0 Å². The number of nitrogens with one attached hydrogen (secondary N) is 1. The van der Waals surface area contributed by atoms with Crippen molar-refractivity contribution in [2.24, 2.45) is 5.92 Å². The van der Waals surface area contributed by atoms with Crippen LogP contribution < -0.4 is 0 Å². The van der Waals surface area contributed by atoms with Gasteiger partial charge in [0.05, 0.1) is 30.0 Å². The van der Waals surface area contributed by atoms with Crippen LogP contribution in [0.5, 0.6) is 0 Å². The molecule has 0 fully saturated rings. The molecule has 0 saturated heterocycles. The van der Waals surface area contributed by atoms with Crippen LogP contribution in [0.15, 0.2) is 17.8 Å². The maximum Gasteiger partial charge on any atom is 0.223 e. The molecule has 1 aromatic rings. The maximum absolute atomic E-state index is 12.2. The lowest BCUT2D eigenvalue weighted by atomic mass is 10.1. The van der Waals surface area contributed by atoms with E-state index in [0.29, 0.717) is 13.1 Å². The third-order valence-corrected chi connectivity index (χ3v) is 5.03. The van der Waals surface area contributed by atoms with Crippen molar-refractivity contribution in [2.45, 2.75) is 19.4 Å². The second-order valence-electron chi connectivity index (χ2n) is 5.02. The van der Waals surface area contributed by atoms with Gasteiger partial charge in [-0.1, -0.05) is 6.08 Å². The zero-order valence-corrected chi connectivity index (χ0v) is 11.2. The normalized spacial score (nSPS) is 24.4. The molecule has 2 aliphatic heterocycles. The molecule has 1 aromatic heterocycles. The van der Waals surface area contributed by atoms with Crippen molar-refractivity contribution in [3.63, 3.8) is 0 Å². The third-order valence-electron chi connectivity index (χ3n) is 3.57. The molecular formula is C12H15N3O3S. The molecule has 1 unspecified atom stereocenters. The Kier molecular flexibility index (Phi) is 2.93. The number of aromatic nitrogens is 2. The van der Waals surface area contributed by atoms with Crippen molar-refractivity contribution in [1.29, 1.82) is 0 Å². The van der Waals surface area contributed by atoms with Gasteiger partial charge in [0.1, 0.15) is 0 Å². The highest BCUT2D eigenvalue weighted by atomic mass is 32.2. The Morgan fingerprint density at radius 3 is 3.11 bits per heavy atom. The molecule has 1 atom stereocenters. The van der Waals surface area contributed by atoms with Crippen LogP contribution in [0.4, 0.5) is 0 Å². The van der Waals surface area contributed by atoms with Crippen molar-refractivity contribution in [3.05, 3.63) is 29.2 Å². The van der Waals surface area contributed by atoms with Crippen molar-refractivity contribution in [3.8, 4) is 0 Å². The molecule has 2 aliphatic rings. The minimum absolute atomic E-state index is 0.00648. The van der Waals surface area contributed by atoms with E-state index >= 15 is 0 Å². The first kappa shape index (κ1) is 12.4. The molecule has 0 spiro atoms. The Balaban J connectivity index is 1.62. The van der Waals surface area contributed by atoms with Gasteiger partial charge in [0.25, 0.3) is 0 Å². The van der Waals surface area contributed by atoms with Crippen molar-refractivity contribution in [1.82, 2.24) is 14.9 Å². The van der Waals surface area contributed by atoms with Crippen molar-refractivity contribution >= 4 is 15.7 Å². The molecule has 1 N–H and O–H groups in total. The predicted octanol–water partition coefficient (Wildman–Crippen LogP) is 0.243. The fourth-order valence-corrected chi connectivity index (χ4v) is 3.94.